The van der Waals surface area contributed by atoms with Crippen LogP contribution in [-0.2, 0) is 7.05 Å². The van der Waals surface area contributed by atoms with Gasteiger partial charge in [-0.05, 0) is 39.0 Å². The van der Waals surface area contributed by atoms with E-state index in [-0.39, 0.29) is 11.8 Å². The average Bonchev–Trinajstić information content (AvgIpc) is 2.66. The quantitative estimate of drug-likeness (QED) is 0.900. The van der Waals surface area contributed by atoms with Crippen LogP contribution in [0.5, 0.6) is 11.5 Å². The number of anilines is 1. The van der Waals surface area contributed by atoms with Gasteiger partial charge >= 0.3 is 0 Å². The highest BCUT2D eigenvalue weighted by Crippen LogP contribution is 2.32. The van der Waals surface area contributed by atoms with E-state index < -0.39 is 0 Å². The van der Waals surface area contributed by atoms with Gasteiger partial charge in [0, 0.05) is 12.6 Å². The Balaban J connectivity index is 2.30. The summed E-state index contributed by atoms with van der Waals surface area (Å²) in [6.45, 7) is 5.98. The third kappa shape index (κ3) is 2.57. The molecule has 0 amide bonds. The molecule has 2 N–H and O–H groups in total. The molecule has 108 valence electrons. The molecule has 2 aromatic rings. The molecule has 20 heavy (non-hydrogen) atoms. The van der Waals surface area contributed by atoms with Gasteiger partial charge in [0.2, 0.25) is 0 Å². The summed E-state index contributed by atoms with van der Waals surface area (Å²) in [4.78, 5) is 0. The first kappa shape index (κ1) is 14.2. The van der Waals surface area contributed by atoms with Gasteiger partial charge < -0.3 is 15.2 Å². The van der Waals surface area contributed by atoms with E-state index >= 15 is 0 Å². The van der Waals surface area contributed by atoms with Gasteiger partial charge in [-0.1, -0.05) is 0 Å². The third-order valence-corrected chi connectivity index (χ3v) is 3.57. The lowest BCUT2D eigenvalue weighted by molar-refractivity contribution is 0.410. The van der Waals surface area contributed by atoms with Crippen molar-refractivity contribution in [3.63, 3.8) is 0 Å². The SMILES string of the molecule is COc1ccc(O)c(C(C)Nc2c(C)nn(C)c2C)c1. The predicted molar refractivity (Wildman–Crippen MR) is 79.4 cm³/mol. The lowest BCUT2D eigenvalue weighted by Gasteiger charge is -2.18. The van der Waals surface area contributed by atoms with E-state index in [0.717, 1.165) is 28.4 Å². The molecule has 0 aliphatic heterocycles. The van der Waals surface area contributed by atoms with E-state index in [9.17, 15) is 5.11 Å². The molecule has 0 aliphatic rings. The smallest absolute Gasteiger partial charge is 0.121 e. The Morgan fingerprint density at radius 3 is 2.60 bits per heavy atom. The van der Waals surface area contributed by atoms with Crippen molar-refractivity contribution < 1.29 is 9.84 Å². The lowest BCUT2D eigenvalue weighted by Crippen LogP contribution is -2.08. The number of nitrogens with zero attached hydrogens (tertiary/aromatic N) is 2. The number of ether oxygens (including phenoxy) is 1. The van der Waals surface area contributed by atoms with E-state index in [0.29, 0.717) is 0 Å². The zero-order valence-corrected chi connectivity index (χ0v) is 12.6. The Hall–Kier alpha value is -2.17. The van der Waals surface area contributed by atoms with E-state index in [1.54, 1.807) is 19.2 Å². The van der Waals surface area contributed by atoms with E-state index in [1.165, 1.54) is 0 Å². The van der Waals surface area contributed by atoms with Crippen LogP contribution < -0.4 is 10.1 Å². The molecule has 1 unspecified atom stereocenters. The van der Waals surface area contributed by atoms with Gasteiger partial charge in [-0.3, -0.25) is 4.68 Å². The van der Waals surface area contributed by atoms with E-state index in [2.05, 4.69) is 10.4 Å². The van der Waals surface area contributed by atoms with Gasteiger partial charge in [-0.2, -0.15) is 5.10 Å². The largest absolute Gasteiger partial charge is 0.508 e. The summed E-state index contributed by atoms with van der Waals surface area (Å²) in [5, 5.41) is 17.8. The number of rotatable bonds is 4. The maximum absolute atomic E-state index is 10.0. The van der Waals surface area contributed by atoms with Crippen molar-refractivity contribution in [2.75, 3.05) is 12.4 Å². The first-order valence-corrected chi connectivity index (χ1v) is 6.57. The molecule has 5 heteroatoms. The minimum absolute atomic E-state index is 0.0494. The minimum Gasteiger partial charge on any atom is -0.508 e. The molecule has 2 rings (SSSR count). The number of hydrogen-bond donors (Lipinski definition) is 2. The van der Waals surface area contributed by atoms with Gasteiger partial charge in [0.25, 0.3) is 0 Å². The standard InChI is InChI=1S/C15H21N3O2/c1-9(13-8-12(20-5)6-7-14(13)19)16-15-10(2)17-18(4)11(15)3/h6-9,16,19H,1-5H3. The monoisotopic (exact) mass is 275 g/mol. The van der Waals surface area contributed by atoms with Crippen molar-refractivity contribution in [1.29, 1.82) is 0 Å². The van der Waals surface area contributed by atoms with E-state index in [4.69, 9.17) is 4.74 Å². The predicted octanol–water partition coefficient (Wildman–Crippen LogP) is 2.92. The molecule has 1 heterocycles. The van der Waals surface area contributed by atoms with Crippen molar-refractivity contribution in [2.45, 2.75) is 26.8 Å². The summed E-state index contributed by atoms with van der Waals surface area (Å²) in [5.74, 6) is 0.982. The molecule has 0 saturated heterocycles. The molecule has 0 saturated carbocycles. The second-order valence-corrected chi connectivity index (χ2v) is 4.96. The van der Waals surface area contributed by atoms with Gasteiger partial charge in [-0.15, -0.1) is 0 Å². The second-order valence-electron chi connectivity index (χ2n) is 4.96. The molecule has 5 nitrogen and oxygen atoms in total. The molecule has 0 spiro atoms. The maximum atomic E-state index is 10.0. The van der Waals surface area contributed by atoms with Crippen molar-refractivity contribution in [3.05, 3.63) is 35.2 Å². The fourth-order valence-corrected chi connectivity index (χ4v) is 2.28. The Morgan fingerprint density at radius 2 is 2.05 bits per heavy atom. The molecule has 1 atom stereocenters. The number of aromatic nitrogens is 2. The number of aryl methyl sites for hydroxylation is 2. The molecular formula is C15H21N3O2. The number of benzene rings is 1. The van der Waals surface area contributed by atoms with Crippen molar-refractivity contribution >= 4 is 5.69 Å². The summed E-state index contributed by atoms with van der Waals surface area (Å²) in [5.41, 5.74) is 3.81. The molecule has 0 radical (unpaired) electrons. The first-order chi connectivity index (χ1) is 9.43. The highest BCUT2D eigenvalue weighted by atomic mass is 16.5. The zero-order chi connectivity index (χ0) is 14.9. The average molecular weight is 275 g/mol. The Morgan fingerprint density at radius 1 is 1.35 bits per heavy atom. The highest BCUT2D eigenvalue weighted by Gasteiger charge is 2.16. The lowest BCUT2D eigenvalue weighted by atomic mass is 10.1. The fraction of sp³-hybridized carbons (Fsp3) is 0.400. The zero-order valence-electron chi connectivity index (χ0n) is 12.6. The summed E-state index contributed by atoms with van der Waals surface area (Å²) >= 11 is 0. The number of phenols is 1. The van der Waals surface area contributed by atoms with E-state index in [1.807, 2.05) is 38.6 Å². The second kappa shape index (κ2) is 5.45. The van der Waals surface area contributed by atoms with Crippen molar-refractivity contribution in [3.8, 4) is 11.5 Å². The molecular weight excluding hydrogens is 254 g/mol. The summed E-state index contributed by atoms with van der Waals surface area (Å²) in [6, 6.07) is 5.18. The van der Waals surface area contributed by atoms with Crippen molar-refractivity contribution in [1.82, 2.24) is 9.78 Å². The van der Waals surface area contributed by atoms with Gasteiger partial charge in [0.05, 0.1) is 30.2 Å². The van der Waals surface area contributed by atoms with Crippen LogP contribution in [0.3, 0.4) is 0 Å². The molecule has 1 aromatic heterocycles. The van der Waals surface area contributed by atoms with Crippen LogP contribution in [0.15, 0.2) is 18.2 Å². The minimum atomic E-state index is -0.0494. The Bertz CT molecular complexity index is 620. The Kier molecular flexibility index (Phi) is 3.88. The van der Waals surface area contributed by atoms with Gasteiger partial charge in [-0.25, -0.2) is 0 Å². The number of methoxy groups -OCH3 is 1. The number of hydrogen-bond acceptors (Lipinski definition) is 4. The van der Waals surface area contributed by atoms with Crippen LogP contribution in [0.4, 0.5) is 5.69 Å². The summed E-state index contributed by atoms with van der Waals surface area (Å²) < 4.78 is 7.05. The van der Waals surface area contributed by atoms with Crippen LogP contribution in [0.2, 0.25) is 0 Å². The third-order valence-electron chi connectivity index (χ3n) is 3.57. The van der Waals surface area contributed by atoms with Crippen LogP contribution in [0.1, 0.15) is 29.9 Å². The summed E-state index contributed by atoms with van der Waals surface area (Å²) in [7, 11) is 3.53. The van der Waals surface area contributed by atoms with Gasteiger partial charge in [0.1, 0.15) is 11.5 Å². The van der Waals surface area contributed by atoms with Crippen LogP contribution in [0, 0.1) is 13.8 Å². The molecule has 0 bridgehead atoms. The van der Waals surface area contributed by atoms with Crippen LogP contribution >= 0.6 is 0 Å². The first-order valence-electron chi connectivity index (χ1n) is 6.57. The maximum Gasteiger partial charge on any atom is 0.121 e. The number of nitrogens with one attached hydrogen (secondary N) is 1. The molecule has 0 aliphatic carbocycles. The topological polar surface area (TPSA) is 59.3 Å². The number of aromatic hydroxyl groups is 1. The number of phenolic OH excluding ortho intramolecular Hbond substituents is 1. The highest BCUT2D eigenvalue weighted by molar-refractivity contribution is 5.55. The molecule has 1 aromatic carbocycles. The fourth-order valence-electron chi connectivity index (χ4n) is 2.28. The normalized spacial score (nSPS) is 12.2. The van der Waals surface area contributed by atoms with Crippen LogP contribution in [0.25, 0.3) is 0 Å². The van der Waals surface area contributed by atoms with Crippen molar-refractivity contribution in [2.24, 2.45) is 7.05 Å². The van der Waals surface area contributed by atoms with Crippen LogP contribution in [-0.4, -0.2) is 22.0 Å². The summed E-state index contributed by atoms with van der Waals surface area (Å²) in [6.07, 6.45) is 0. The van der Waals surface area contributed by atoms with Gasteiger partial charge in [0.15, 0.2) is 0 Å². The Labute approximate surface area is 119 Å². The molecule has 0 fully saturated rings.